The predicted molar refractivity (Wildman–Crippen MR) is 86.0 cm³/mol. The Kier molecular flexibility index (Phi) is 5.45. The molecular weight excluding hydrogens is 308 g/mol. The highest BCUT2D eigenvalue weighted by molar-refractivity contribution is 7.98. The Hall–Kier alpha value is -1.30. The maximum atomic E-state index is 12.0. The van der Waals surface area contributed by atoms with Crippen molar-refractivity contribution in [2.45, 2.75) is 37.3 Å². The molecule has 0 aliphatic heterocycles. The quantitative estimate of drug-likeness (QED) is 0.655. The molecule has 0 amide bonds. The molecule has 2 aromatic rings. The number of nitrogens with zero attached hydrogens (tertiary/aromatic N) is 1. The smallest absolute Gasteiger partial charge is 0.255 e. The molecule has 0 fully saturated rings. The molecule has 1 aromatic heterocycles. The number of hydrogen-bond acceptors (Lipinski definition) is 4. The summed E-state index contributed by atoms with van der Waals surface area (Å²) in [6.07, 6.45) is -0.241. The highest BCUT2D eigenvalue weighted by Crippen LogP contribution is 2.20. The first-order chi connectivity index (χ1) is 9.95. The first kappa shape index (κ1) is 16.1. The Labute approximate surface area is 132 Å². The summed E-state index contributed by atoms with van der Waals surface area (Å²) in [5.41, 5.74) is 2.14. The number of H-pyrrole nitrogens is 1. The molecule has 0 bridgehead atoms. The molecule has 21 heavy (non-hydrogen) atoms. The van der Waals surface area contributed by atoms with E-state index in [9.17, 15) is 9.90 Å². The number of aliphatic hydroxyl groups is 1. The van der Waals surface area contributed by atoms with Gasteiger partial charge in [0.2, 0.25) is 0 Å². The molecule has 2 rings (SSSR count). The SMILES string of the molecule is Cc1nc(SCc2ccc(Cl)cc2)[nH]c(=O)c1C[C@H](C)O. The third-order valence-corrected chi connectivity index (χ3v) is 4.19. The molecule has 0 saturated heterocycles. The molecule has 0 aliphatic carbocycles. The van der Waals surface area contributed by atoms with Crippen molar-refractivity contribution in [2.75, 3.05) is 0 Å². The zero-order valence-corrected chi connectivity index (χ0v) is 13.5. The van der Waals surface area contributed by atoms with Gasteiger partial charge in [-0.05, 0) is 31.5 Å². The number of halogens is 1. The van der Waals surface area contributed by atoms with Gasteiger partial charge >= 0.3 is 0 Å². The van der Waals surface area contributed by atoms with Gasteiger partial charge in [-0.2, -0.15) is 0 Å². The number of rotatable bonds is 5. The molecule has 0 aliphatic rings. The van der Waals surface area contributed by atoms with Crippen LogP contribution in [0.15, 0.2) is 34.2 Å². The van der Waals surface area contributed by atoms with Crippen molar-refractivity contribution in [2.24, 2.45) is 0 Å². The third-order valence-electron chi connectivity index (χ3n) is 2.99. The van der Waals surface area contributed by atoms with E-state index in [4.69, 9.17) is 11.6 Å². The van der Waals surface area contributed by atoms with Crippen LogP contribution in [0.2, 0.25) is 5.02 Å². The average molecular weight is 325 g/mol. The molecule has 0 saturated carbocycles. The summed E-state index contributed by atoms with van der Waals surface area (Å²) < 4.78 is 0. The summed E-state index contributed by atoms with van der Waals surface area (Å²) in [7, 11) is 0. The normalized spacial score (nSPS) is 12.4. The first-order valence-electron chi connectivity index (χ1n) is 6.61. The Balaban J connectivity index is 2.11. The lowest BCUT2D eigenvalue weighted by Gasteiger charge is -2.08. The van der Waals surface area contributed by atoms with Crippen LogP contribution in [0.25, 0.3) is 0 Å². The number of benzene rings is 1. The van der Waals surface area contributed by atoms with E-state index >= 15 is 0 Å². The van der Waals surface area contributed by atoms with Crippen molar-refractivity contribution in [3.8, 4) is 0 Å². The molecule has 1 heterocycles. The van der Waals surface area contributed by atoms with Crippen LogP contribution in [0.1, 0.15) is 23.7 Å². The van der Waals surface area contributed by atoms with Crippen LogP contribution in [-0.4, -0.2) is 21.2 Å². The molecule has 4 nitrogen and oxygen atoms in total. The van der Waals surface area contributed by atoms with E-state index in [2.05, 4.69) is 9.97 Å². The predicted octanol–water partition coefficient (Wildman–Crippen LogP) is 2.95. The minimum atomic E-state index is -0.556. The van der Waals surface area contributed by atoms with Crippen LogP contribution in [0, 0.1) is 6.92 Å². The van der Waals surface area contributed by atoms with Crippen LogP contribution in [0.5, 0.6) is 0 Å². The number of aromatic amines is 1. The average Bonchev–Trinajstić information content (AvgIpc) is 2.42. The minimum absolute atomic E-state index is 0.179. The maximum Gasteiger partial charge on any atom is 0.255 e. The van der Waals surface area contributed by atoms with Crippen molar-refractivity contribution in [1.82, 2.24) is 9.97 Å². The van der Waals surface area contributed by atoms with Gasteiger partial charge in [0, 0.05) is 28.5 Å². The van der Waals surface area contributed by atoms with Crippen molar-refractivity contribution < 1.29 is 5.11 Å². The van der Waals surface area contributed by atoms with Gasteiger partial charge in [0.05, 0.1) is 6.10 Å². The molecule has 1 aromatic carbocycles. The van der Waals surface area contributed by atoms with E-state index in [1.54, 1.807) is 13.8 Å². The fraction of sp³-hybridized carbons (Fsp3) is 0.333. The molecule has 0 unspecified atom stereocenters. The van der Waals surface area contributed by atoms with Crippen LogP contribution in [-0.2, 0) is 12.2 Å². The van der Waals surface area contributed by atoms with Gasteiger partial charge in [-0.3, -0.25) is 4.79 Å². The van der Waals surface area contributed by atoms with Crippen LogP contribution in [0.4, 0.5) is 0 Å². The zero-order valence-electron chi connectivity index (χ0n) is 11.9. The highest BCUT2D eigenvalue weighted by Gasteiger charge is 2.11. The molecule has 6 heteroatoms. The Morgan fingerprint density at radius 2 is 2.05 bits per heavy atom. The summed E-state index contributed by atoms with van der Waals surface area (Å²) in [4.78, 5) is 19.2. The zero-order chi connectivity index (χ0) is 15.4. The second kappa shape index (κ2) is 7.11. The van der Waals surface area contributed by atoms with Crippen LogP contribution in [0.3, 0.4) is 0 Å². The Morgan fingerprint density at radius 3 is 2.62 bits per heavy atom. The van der Waals surface area contributed by atoms with E-state index in [0.717, 1.165) is 5.56 Å². The van der Waals surface area contributed by atoms with Crippen LogP contribution >= 0.6 is 23.4 Å². The van der Waals surface area contributed by atoms with Gasteiger partial charge in [-0.1, -0.05) is 35.5 Å². The van der Waals surface area contributed by atoms with E-state index in [-0.39, 0.29) is 5.56 Å². The second-order valence-corrected chi connectivity index (χ2v) is 6.30. The lowest BCUT2D eigenvalue weighted by atomic mass is 10.1. The number of thioether (sulfide) groups is 1. The minimum Gasteiger partial charge on any atom is -0.393 e. The van der Waals surface area contributed by atoms with E-state index in [1.807, 2.05) is 24.3 Å². The van der Waals surface area contributed by atoms with Crippen molar-refractivity contribution in [3.05, 3.63) is 56.5 Å². The molecule has 0 radical (unpaired) electrons. The number of aromatic nitrogens is 2. The number of nitrogens with one attached hydrogen (secondary N) is 1. The summed E-state index contributed by atoms with van der Waals surface area (Å²) >= 11 is 7.31. The lowest BCUT2D eigenvalue weighted by Crippen LogP contribution is -2.21. The standard InChI is InChI=1S/C15H17ClN2O2S/c1-9(19)7-13-10(2)17-15(18-14(13)20)21-8-11-3-5-12(16)6-4-11/h3-6,9,19H,7-8H2,1-2H3,(H,17,18,20)/t9-/m0/s1. The van der Waals surface area contributed by atoms with Crippen molar-refractivity contribution in [1.29, 1.82) is 0 Å². The number of aryl methyl sites for hydroxylation is 1. The molecular formula is C15H17ClN2O2S. The fourth-order valence-corrected chi connectivity index (χ4v) is 2.91. The summed E-state index contributed by atoms with van der Waals surface area (Å²) in [5, 5.41) is 10.7. The van der Waals surface area contributed by atoms with Gasteiger partial charge in [0.25, 0.3) is 5.56 Å². The highest BCUT2D eigenvalue weighted by atomic mass is 35.5. The number of hydrogen-bond donors (Lipinski definition) is 2. The van der Waals surface area contributed by atoms with Gasteiger partial charge in [-0.25, -0.2) is 4.98 Å². The first-order valence-corrected chi connectivity index (χ1v) is 7.97. The topological polar surface area (TPSA) is 66.0 Å². The lowest BCUT2D eigenvalue weighted by molar-refractivity contribution is 0.194. The molecule has 1 atom stereocenters. The summed E-state index contributed by atoms with van der Waals surface area (Å²) in [6, 6.07) is 7.57. The van der Waals surface area contributed by atoms with Crippen LogP contribution < -0.4 is 5.56 Å². The fourth-order valence-electron chi connectivity index (χ4n) is 1.92. The molecule has 0 spiro atoms. The van der Waals surface area contributed by atoms with E-state index < -0.39 is 6.10 Å². The van der Waals surface area contributed by atoms with E-state index in [0.29, 0.717) is 33.6 Å². The largest absolute Gasteiger partial charge is 0.393 e. The van der Waals surface area contributed by atoms with Crippen molar-refractivity contribution in [3.63, 3.8) is 0 Å². The monoisotopic (exact) mass is 324 g/mol. The Bertz CT molecular complexity index is 668. The van der Waals surface area contributed by atoms with Crippen molar-refractivity contribution >= 4 is 23.4 Å². The Morgan fingerprint density at radius 1 is 1.38 bits per heavy atom. The molecule has 2 N–H and O–H groups in total. The van der Waals surface area contributed by atoms with Gasteiger partial charge in [0.1, 0.15) is 0 Å². The number of aliphatic hydroxyl groups excluding tert-OH is 1. The van der Waals surface area contributed by atoms with Gasteiger partial charge < -0.3 is 10.1 Å². The summed E-state index contributed by atoms with van der Waals surface area (Å²) in [5.74, 6) is 0.704. The van der Waals surface area contributed by atoms with Gasteiger partial charge in [0.15, 0.2) is 5.16 Å². The maximum absolute atomic E-state index is 12.0. The second-order valence-electron chi connectivity index (χ2n) is 4.90. The molecule has 112 valence electrons. The van der Waals surface area contributed by atoms with Gasteiger partial charge in [-0.15, -0.1) is 0 Å². The third kappa shape index (κ3) is 4.59. The van der Waals surface area contributed by atoms with E-state index in [1.165, 1.54) is 11.8 Å². The summed E-state index contributed by atoms with van der Waals surface area (Å²) in [6.45, 7) is 3.45.